The number of hydrogen-bond donors (Lipinski definition) is 0. The Balaban J connectivity index is 2.40. The SMILES string of the molecule is CC(=O)c1ccccc1Oc1cc(C(C)C)ccc1C. The molecule has 0 N–H and O–H groups in total. The molecule has 20 heavy (non-hydrogen) atoms. The van der Waals surface area contributed by atoms with Crippen molar-refractivity contribution < 1.29 is 9.53 Å². The molecule has 0 radical (unpaired) electrons. The lowest BCUT2D eigenvalue weighted by Gasteiger charge is -2.14. The van der Waals surface area contributed by atoms with Gasteiger partial charge in [0.25, 0.3) is 0 Å². The number of carbonyl (C=O) groups is 1. The summed E-state index contributed by atoms with van der Waals surface area (Å²) in [5.41, 5.74) is 2.90. The van der Waals surface area contributed by atoms with Crippen molar-refractivity contribution in [2.75, 3.05) is 0 Å². The van der Waals surface area contributed by atoms with E-state index in [-0.39, 0.29) is 5.78 Å². The zero-order chi connectivity index (χ0) is 14.7. The van der Waals surface area contributed by atoms with Gasteiger partial charge in [-0.1, -0.05) is 38.1 Å². The Kier molecular flexibility index (Phi) is 4.23. The molecule has 0 unspecified atom stereocenters. The van der Waals surface area contributed by atoms with Gasteiger partial charge in [0.1, 0.15) is 11.5 Å². The van der Waals surface area contributed by atoms with Crippen molar-refractivity contribution >= 4 is 5.78 Å². The van der Waals surface area contributed by atoms with Gasteiger partial charge in [0.15, 0.2) is 5.78 Å². The monoisotopic (exact) mass is 268 g/mol. The molecule has 2 heteroatoms. The summed E-state index contributed by atoms with van der Waals surface area (Å²) < 4.78 is 5.97. The maximum absolute atomic E-state index is 11.6. The molecular formula is C18H20O2. The maximum Gasteiger partial charge on any atom is 0.163 e. The predicted molar refractivity (Wildman–Crippen MR) is 81.8 cm³/mol. The van der Waals surface area contributed by atoms with Gasteiger partial charge in [0.2, 0.25) is 0 Å². The topological polar surface area (TPSA) is 26.3 Å². The molecular weight excluding hydrogens is 248 g/mol. The van der Waals surface area contributed by atoms with Gasteiger partial charge in [-0.3, -0.25) is 4.79 Å². The van der Waals surface area contributed by atoms with E-state index in [0.29, 0.717) is 17.2 Å². The molecule has 0 heterocycles. The normalized spacial score (nSPS) is 10.7. The van der Waals surface area contributed by atoms with Crippen LogP contribution in [-0.4, -0.2) is 5.78 Å². The van der Waals surface area contributed by atoms with E-state index >= 15 is 0 Å². The van der Waals surface area contributed by atoms with E-state index in [1.54, 1.807) is 13.0 Å². The van der Waals surface area contributed by atoms with E-state index in [1.807, 2.05) is 25.1 Å². The molecule has 0 aromatic heterocycles. The van der Waals surface area contributed by atoms with Crippen molar-refractivity contribution in [3.63, 3.8) is 0 Å². The zero-order valence-corrected chi connectivity index (χ0v) is 12.4. The van der Waals surface area contributed by atoms with Crippen LogP contribution in [0.15, 0.2) is 42.5 Å². The highest BCUT2D eigenvalue weighted by Crippen LogP contribution is 2.30. The molecule has 0 atom stereocenters. The Morgan fingerprint density at radius 1 is 1.05 bits per heavy atom. The Hall–Kier alpha value is -2.09. The quantitative estimate of drug-likeness (QED) is 0.720. The van der Waals surface area contributed by atoms with Crippen LogP contribution in [0.2, 0.25) is 0 Å². The second kappa shape index (κ2) is 5.91. The van der Waals surface area contributed by atoms with Crippen LogP contribution >= 0.6 is 0 Å². The molecule has 0 aliphatic rings. The number of ether oxygens (including phenoxy) is 1. The molecule has 0 fully saturated rings. The van der Waals surface area contributed by atoms with Gasteiger partial charge in [-0.05, 0) is 49.1 Å². The number of rotatable bonds is 4. The van der Waals surface area contributed by atoms with Crippen LogP contribution in [0.5, 0.6) is 11.5 Å². The fraction of sp³-hybridized carbons (Fsp3) is 0.278. The number of Topliss-reactive ketones (excluding diaryl/α,β-unsaturated/α-hetero) is 1. The number of para-hydroxylation sites is 1. The van der Waals surface area contributed by atoms with Gasteiger partial charge < -0.3 is 4.74 Å². The number of ketones is 1. The average molecular weight is 268 g/mol. The lowest BCUT2D eigenvalue weighted by Crippen LogP contribution is -1.98. The van der Waals surface area contributed by atoms with E-state index in [0.717, 1.165) is 11.3 Å². The minimum atomic E-state index is 0.0123. The van der Waals surface area contributed by atoms with Gasteiger partial charge >= 0.3 is 0 Å². The minimum absolute atomic E-state index is 0.0123. The summed E-state index contributed by atoms with van der Waals surface area (Å²) in [5, 5.41) is 0. The molecule has 0 aliphatic heterocycles. The first kappa shape index (κ1) is 14.3. The summed E-state index contributed by atoms with van der Waals surface area (Å²) >= 11 is 0. The van der Waals surface area contributed by atoms with Crippen LogP contribution in [0.3, 0.4) is 0 Å². The molecule has 2 aromatic carbocycles. The van der Waals surface area contributed by atoms with Crippen molar-refractivity contribution in [3.05, 3.63) is 59.2 Å². The van der Waals surface area contributed by atoms with Crippen molar-refractivity contribution in [1.82, 2.24) is 0 Å². The lowest BCUT2D eigenvalue weighted by molar-refractivity contribution is 0.101. The van der Waals surface area contributed by atoms with Crippen LogP contribution in [0.25, 0.3) is 0 Å². The average Bonchev–Trinajstić information content (AvgIpc) is 2.41. The molecule has 104 valence electrons. The molecule has 2 nitrogen and oxygen atoms in total. The first-order valence-electron chi connectivity index (χ1n) is 6.87. The highest BCUT2D eigenvalue weighted by molar-refractivity contribution is 5.96. The van der Waals surface area contributed by atoms with Crippen molar-refractivity contribution in [3.8, 4) is 11.5 Å². The van der Waals surface area contributed by atoms with Crippen LogP contribution < -0.4 is 4.74 Å². The molecule has 0 saturated heterocycles. The third kappa shape index (κ3) is 3.08. The second-order valence-electron chi connectivity index (χ2n) is 5.33. The molecule has 0 amide bonds. The fourth-order valence-corrected chi connectivity index (χ4v) is 2.05. The first-order valence-corrected chi connectivity index (χ1v) is 6.87. The zero-order valence-electron chi connectivity index (χ0n) is 12.4. The number of carbonyl (C=O) groups excluding carboxylic acids is 1. The van der Waals surface area contributed by atoms with E-state index in [1.165, 1.54) is 5.56 Å². The first-order chi connectivity index (χ1) is 9.49. The largest absolute Gasteiger partial charge is 0.456 e. The highest BCUT2D eigenvalue weighted by Gasteiger charge is 2.11. The van der Waals surface area contributed by atoms with Crippen LogP contribution in [0.1, 0.15) is 48.2 Å². The summed E-state index contributed by atoms with van der Waals surface area (Å²) in [6.07, 6.45) is 0. The van der Waals surface area contributed by atoms with Gasteiger partial charge in [0, 0.05) is 0 Å². The summed E-state index contributed by atoms with van der Waals surface area (Å²) in [4.78, 5) is 11.6. The fourth-order valence-electron chi connectivity index (χ4n) is 2.05. The summed E-state index contributed by atoms with van der Waals surface area (Å²) in [6.45, 7) is 7.87. The van der Waals surface area contributed by atoms with E-state index in [4.69, 9.17) is 4.74 Å². The Labute approximate surface area is 120 Å². The second-order valence-corrected chi connectivity index (χ2v) is 5.33. The van der Waals surface area contributed by atoms with Crippen LogP contribution in [0.4, 0.5) is 0 Å². The Bertz CT molecular complexity index is 627. The van der Waals surface area contributed by atoms with E-state index in [9.17, 15) is 4.79 Å². The molecule has 0 bridgehead atoms. The lowest BCUT2D eigenvalue weighted by atomic mass is 10.0. The van der Waals surface area contributed by atoms with Gasteiger partial charge in [-0.15, -0.1) is 0 Å². The molecule has 0 saturated carbocycles. The van der Waals surface area contributed by atoms with E-state index < -0.39 is 0 Å². The predicted octanol–water partition coefficient (Wildman–Crippen LogP) is 5.11. The van der Waals surface area contributed by atoms with Gasteiger partial charge in [-0.25, -0.2) is 0 Å². The highest BCUT2D eigenvalue weighted by atomic mass is 16.5. The third-order valence-corrected chi connectivity index (χ3v) is 3.37. The maximum atomic E-state index is 11.6. The summed E-state index contributed by atoms with van der Waals surface area (Å²) in [7, 11) is 0. The molecule has 0 spiro atoms. The summed E-state index contributed by atoms with van der Waals surface area (Å²) in [6, 6.07) is 13.6. The minimum Gasteiger partial charge on any atom is -0.456 e. The van der Waals surface area contributed by atoms with Crippen molar-refractivity contribution in [2.45, 2.75) is 33.6 Å². The Morgan fingerprint density at radius 3 is 2.40 bits per heavy atom. The number of benzene rings is 2. The molecule has 2 rings (SSSR count). The van der Waals surface area contributed by atoms with E-state index in [2.05, 4.69) is 32.0 Å². The Morgan fingerprint density at radius 2 is 1.75 bits per heavy atom. The number of aryl methyl sites for hydroxylation is 1. The van der Waals surface area contributed by atoms with Crippen molar-refractivity contribution in [1.29, 1.82) is 0 Å². The standard InChI is InChI=1S/C18H20O2/c1-12(2)15-10-9-13(3)18(11-15)20-17-8-6-5-7-16(17)14(4)19/h5-12H,1-4H3. The van der Waals surface area contributed by atoms with Gasteiger partial charge in [-0.2, -0.15) is 0 Å². The van der Waals surface area contributed by atoms with Crippen LogP contribution in [-0.2, 0) is 0 Å². The third-order valence-electron chi connectivity index (χ3n) is 3.37. The molecule has 0 aliphatic carbocycles. The molecule has 2 aromatic rings. The van der Waals surface area contributed by atoms with Crippen molar-refractivity contribution in [2.24, 2.45) is 0 Å². The summed E-state index contributed by atoms with van der Waals surface area (Å²) in [5.74, 6) is 1.88. The van der Waals surface area contributed by atoms with Crippen LogP contribution in [0, 0.1) is 6.92 Å². The smallest absolute Gasteiger partial charge is 0.163 e. The van der Waals surface area contributed by atoms with Gasteiger partial charge in [0.05, 0.1) is 5.56 Å². The number of hydrogen-bond acceptors (Lipinski definition) is 2.